The van der Waals surface area contributed by atoms with Crippen molar-refractivity contribution in [2.45, 2.75) is 19.3 Å². The quantitative estimate of drug-likeness (QED) is 0.829. The molecule has 0 bridgehead atoms. The summed E-state index contributed by atoms with van der Waals surface area (Å²) in [6.07, 6.45) is 4.65. The fourth-order valence-electron chi connectivity index (χ4n) is 2.54. The van der Waals surface area contributed by atoms with Crippen molar-refractivity contribution in [3.63, 3.8) is 0 Å². The zero-order valence-corrected chi connectivity index (χ0v) is 10.4. The summed E-state index contributed by atoms with van der Waals surface area (Å²) in [5.74, 6) is 0. The first-order valence-corrected chi connectivity index (χ1v) is 6.18. The third-order valence-electron chi connectivity index (χ3n) is 3.84. The van der Waals surface area contributed by atoms with Gasteiger partial charge in [0.25, 0.3) is 0 Å². The molecular weight excluding hydrogens is 226 g/mol. The number of oxazole rings is 1. The second-order valence-electron chi connectivity index (χ2n) is 5.11. The summed E-state index contributed by atoms with van der Waals surface area (Å²) in [5, 5.41) is 9.27. The number of hydrogen-bond donors (Lipinski definition) is 0. The lowest BCUT2D eigenvalue weighted by Crippen LogP contribution is -2.39. The summed E-state index contributed by atoms with van der Waals surface area (Å²) < 4.78 is 5.30. The Balaban J connectivity index is 1.83. The minimum absolute atomic E-state index is 0.148. The zero-order valence-electron chi connectivity index (χ0n) is 10.4. The highest BCUT2D eigenvalue weighted by atomic mass is 16.3. The van der Waals surface area contributed by atoms with Crippen LogP contribution in [0.2, 0.25) is 0 Å². The summed E-state index contributed by atoms with van der Waals surface area (Å²) in [6.45, 7) is 0.781. The maximum Gasteiger partial charge on any atom is 0.181 e. The SMILES string of the molecule is CN(CC1(C#N)CCC1)c1ccc2ncoc2c1. The predicted octanol–water partition coefficient (Wildman–Crippen LogP) is 2.96. The van der Waals surface area contributed by atoms with Gasteiger partial charge < -0.3 is 9.32 Å². The van der Waals surface area contributed by atoms with Crippen LogP contribution in [-0.4, -0.2) is 18.6 Å². The fraction of sp³-hybridized carbons (Fsp3) is 0.429. The Morgan fingerprint density at radius 1 is 1.50 bits per heavy atom. The van der Waals surface area contributed by atoms with E-state index in [1.165, 1.54) is 12.8 Å². The molecule has 2 aromatic rings. The zero-order chi connectivity index (χ0) is 12.6. The Labute approximate surface area is 106 Å². The number of rotatable bonds is 3. The smallest absolute Gasteiger partial charge is 0.181 e. The van der Waals surface area contributed by atoms with Crippen molar-refractivity contribution in [3.8, 4) is 6.07 Å². The molecule has 0 aliphatic heterocycles. The van der Waals surface area contributed by atoms with E-state index in [0.717, 1.165) is 36.2 Å². The van der Waals surface area contributed by atoms with Gasteiger partial charge in [0.15, 0.2) is 12.0 Å². The van der Waals surface area contributed by atoms with E-state index in [4.69, 9.17) is 4.42 Å². The van der Waals surface area contributed by atoms with Crippen LogP contribution in [0.3, 0.4) is 0 Å². The molecule has 1 heterocycles. The van der Waals surface area contributed by atoms with Crippen LogP contribution >= 0.6 is 0 Å². The molecule has 0 unspecified atom stereocenters. The summed E-state index contributed by atoms with van der Waals surface area (Å²) in [5.41, 5.74) is 2.58. The van der Waals surface area contributed by atoms with Gasteiger partial charge >= 0.3 is 0 Å². The molecule has 4 heteroatoms. The van der Waals surface area contributed by atoms with Gasteiger partial charge in [-0.1, -0.05) is 6.42 Å². The molecule has 1 saturated carbocycles. The van der Waals surface area contributed by atoms with Crippen LogP contribution in [0.15, 0.2) is 29.0 Å². The van der Waals surface area contributed by atoms with Crippen molar-refractivity contribution in [2.75, 3.05) is 18.5 Å². The number of nitrogens with zero attached hydrogens (tertiary/aromatic N) is 3. The normalized spacial score (nSPS) is 17.1. The van der Waals surface area contributed by atoms with E-state index < -0.39 is 0 Å². The van der Waals surface area contributed by atoms with Crippen molar-refractivity contribution < 1.29 is 4.42 Å². The van der Waals surface area contributed by atoms with E-state index in [2.05, 4.69) is 16.0 Å². The molecule has 0 radical (unpaired) electrons. The standard InChI is InChI=1S/C14H15N3O/c1-17(9-14(8-15)5-2-6-14)11-3-4-12-13(7-11)18-10-16-12/h3-4,7,10H,2,5-6,9H2,1H3. The minimum atomic E-state index is -0.148. The Hall–Kier alpha value is -2.02. The van der Waals surface area contributed by atoms with E-state index in [0.29, 0.717) is 0 Å². The van der Waals surface area contributed by atoms with Crippen molar-refractivity contribution in [3.05, 3.63) is 24.6 Å². The van der Waals surface area contributed by atoms with Gasteiger partial charge in [-0.05, 0) is 25.0 Å². The fourth-order valence-corrected chi connectivity index (χ4v) is 2.54. The highest BCUT2D eigenvalue weighted by molar-refractivity contribution is 5.77. The van der Waals surface area contributed by atoms with E-state index in [9.17, 15) is 5.26 Å². The average Bonchev–Trinajstić information content (AvgIpc) is 2.80. The lowest BCUT2D eigenvalue weighted by Gasteiger charge is -2.38. The Morgan fingerprint density at radius 3 is 3.00 bits per heavy atom. The average molecular weight is 241 g/mol. The van der Waals surface area contributed by atoms with Crippen molar-refractivity contribution >= 4 is 16.8 Å². The van der Waals surface area contributed by atoms with Crippen LogP contribution in [-0.2, 0) is 0 Å². The summed E-state index contributed by atoms with van der Waals surface area (Å²) >= 11 is 0. The predicted molar refractivity (Wildman–Crippen MR) is 69.2 cm³/mol. The first-order chi connectivity index (χ1) is 8.72. The molecule has 18 heavy (non-hydrogen) atoms. The minimum Gasteiger partial charge on any atom is -0.443 e. The Morgan fingerprint density at radius 2 is 2.33 bits per heavy atom. The molecule has 0 atom stereocenters. The summed E-state index contributed by atoms with van der Waals surface area (Å²) in [6, 6.07) is 8.42. The second kappa shape index (κ2) is 4.02. The van der Waals surface area contributed by atoms with Crippen LogP contribution in [0, 0.1) is 16.7 Å². The maximum absolute atomic E-state index is 9.27. The third kappa shape index (κ3) is 1.72. The number of hydrogen-bond acceptors (Lipinski definition) is 4. The molecule has 0 amide bonds. The van der Waals surface area contributed by atoms with E-state index in [1.807, 2.05) is 25.2 Å². The van der Waals surface area contributed by atoms with Gasteiger partial charge in [-0.3, -0.25) is 0 Å². The first kappa shape index (κ1) is 11.1. The van der Waals surface area contributed by atoms with Crippen molar-refractivity contribution in [2.24, 2.45) is 5.41 Å². The van der Waals surface area contributed by atoms with Gasteiger partial charge in [0.05, 0.1) is 11.5 Å². The van der Waals surface area contributed by atoms with Crippen LogP contribution < -0.4 is 4.90 Å². The number of benzene rings is 1. The highest BCUT2D eigenvalue weighted by Crippen LogP contribution is 2.41. The van der Waals surface area contributed by atoms with Crippen LogP contribution in [0.1, 0.15) is 19.3 Å². The molecule has 0 saturated heterocycles. The number of anilines is 1. The lowest BCUT2D eigenvalue weighted by atomic mass is 9.69. The van der Waals surface area contributed by atoms with Gasteiger partial charge in [0, 0.05) is 25.3 Å². The topological polar surface area (TPSA) is 53.1 Å². The highest BCUT2D eigenvalue weighted by Gasteiger charge is 2.38. The Bertz CT molecular complexity index is 607. The second-order valence-corrected chi connectivity index (χ2v) is 5.11. The first-order valence-electron chi connectivity index (χ1n) is 6.18. The van der Waals surface area contributed by atoms with Gasteiger partial charge in [-0.15, -0.1) is 0 Å². The van der Waals surface area contributed by atoms with E-state index in [1.54, 1.807) is 0 Å². The molecule has 0 spiro atoms. The molecule has 1 aliphatic carbocycles. The van der Waals surface area contributed by atoms with Crippen molar-refractivity contribution in [1.82, 2.24) is 4.98 Å². The molecule has 1 aliphatic rings. The lowest BCUT2D eigenvalue weighted by molar-refractivity contribution is 0.223. The third-order valence-corrected chi connectivity index (χ3v) is 3.84. The van der Waals surface area contributed by atoms with Crippen LogP contribution in [0.25, 0.3) is 11.1 Å². The van der Waals surface area contributed by atoms with Crippen LogP contribution in [0.4, 0.5) is 5.69 Å². The van der Waals surface area contributed by atoms with Gasteiger partial charge in [0.1, 0.15) is 5.52 Å². The maximum atomic E-state index is 9.27. The molecule has 1 aromatic carbocycles. The molecule has 3 rings (SSSR count). The van der Waals surface area contributed by atoms with Gasteiger partial charge in [-0.25, -0.2) is 4.98 Å². The van der Waals surface area contributed by atoms with Gasteiger partial charge in [0.2, 0.25) is 0 Å². The molecule has 92 valence electrons. The summed E-state index contributed by atoms with van der Waals surface area (Å²) in [7, 11) is 2.02. The number of aromatic nitrogens is 1. The monoisotopic (exact) mass is 241 g/mol. The molecule has 4 nitrogen and oxygen atoms in total. The van der Waals surface area contributed by atoms with Gasteiger partial charge in [-0.2, -0.15) is 5.26 Å². The van der Waals surface area contributed by atoms with Crippen molar-refractivity contribution in [1.29, 1.82) is 5.26 Å². The molecule has 1 fully saturated rings. The number of nitriles is 1. The van der Waals surface area contributed by atoms with Crippen LogP contribution in [0.5, 0.6) is 0 Å². The van der Waals surface area contributed by atoms with E-state index in [-0.39, 0.29) is 5.41 Å². The van der Waals surface area contributed by atoms with E-state index >= 15 is 0 Å². The molecular formula is C14H15N3O. The summed E-state index contributed by atoms with van der Waals surface area (Å²) in [4.78, 5) is 6.23. The Kier molecular flexibility index (Phi) is 2.48. The molecule has 1 aromatic heterocycles. The largest absolute Gasteiger partial charge is 0.443 e. The number of fused-ring (bicyclic) bond motifs is 1. The molecule has 0 N–H and O–H groups in total.